The molecule has 2 aromatic rings. The molecule has 6 nitrogen and oxygen atoms in total. The number of hydrogen-bond acceptors (Lipinski definition) is 4. The first-order valence-electron chi connectivity index (χ1n) is 11.5. The van der Waals surface area contributed by atoms with Crippen LogP contribution in [0.5, 0.6) is 0 Å². The second kappa shape index (κ2) is 11.8. The van der Waals surface area contributed by atoms with Gasteiger partial charge in [0.1, 0.15) is 0 Å². The highest BCUT2D eigenvalue weighted by molar-refractivity contribution is 7.89. The van der Waals surface area contributed by atoms with Gasteiger partial charge in [-0.15, -0.1) is 0 Å². The van der Waals surface area contributed by atoms with Crippen molar-refractivity contribution in [2.45, 2.75) is 74.5 Å². The zero-order chi connectivity index (χ0) is 24.6. The lowest BCUT2D eigenvalue weighted by atomic mass is 9.96. The fourth-order valence-electron chi connectivity index (χ4n) is 4.34. The highest BCUT2D eigenvalue weighted by atomic mass is 32.2. The number of aromatic nitrogens is 1. The Labute approximate surface area is 198 Å². The Bertz CT molecular complexity index is 1010. The molecule has 1 saturated carbocycles. The van der Waals surface area contributed by atoms with E-state index in [0.29, 0.717) is 0 Å². The van der Waals surface area contributed by atoms with Gasteiger partial charge in [-0.05, 0) is 68.0 Å². The molecule has 1 aromatic carbocycles. The summed E-state index contributed by atoms with van der Waals surface area (Å²) < 4.78 is 64.0. The standard InChI is InChI=1S/C13H16F3NO2S.C11H14N2O/c14-13(15,16)10-6-8-12(9-7-10)20(18,19)17-11-4-2-1-3-5-11;14-9-13-7-2-1-5-11(13)10-4-3-6-12-8-10/h6-9,11,17H,1-5H2;3-4,6,8-9,11H,1-2,5,7H2. The molecular weight excluding hydrogens is 467 g/mol. The van der Waals surface area contributed by atoms with Gasteiger partial charge in [-0.3, -0.25) is 9.78 Å². The van der Waals surface area contributed by atoms with Gasteiger partial charge in [-0.1, -0.05) is 25.3 Å². The molecule has 1 saturated heterocycles. The Hall–Kier alpha value is -2.46. The minimum atomic E-state index is -4.46. The number of nitrogens with one attached hydrogen (secondary N) is 1. The quantitative estimate of drug-likeness (QED) is 0.584. The van der Waals surface area contributed by atoms with Crippen LogP contribution in [0, 0.1) is 0 Å². The molecule has 1 N–H and O–H groups in total. The zero-order valence-corrected chi connectivity index (χ0v) is 19.7. The molecule has 1 aromatic heterocycles. The molecule has 34 heavy (non-hydrogen) atoms. The molecule has 1 aliphatic heterocycles. The van der Waals surface area contributed by atoms with Crippen LogP contribution in [-0.4, -0.2) is 37.3 Å². The number of piperidine rings is 1. The van der Waals surface area contributed by atoms with Gasteiger partial charge < -0.3 is 4.90 Å². The fourth-order valence-corrected chi connectivity index (χ4v) is 5.65. The Morgan fingerprint density at radius 3 is 2.24 bits per heavy atom. The maximum Gasteiger partial charge on any atom is 0.416 e. The SMILES string of the molecule is O=CN1CCCCC1c1cccnc1.O=S(=O)(NC1CCCCC1)c1ccc(C(F)(F)F)cc1. The molecule has 1 atom stereocenters. The van der Waals surface area contributed by atoms with Crippen LogP contribution in [0.2, 0.25) is 0 Å². The van der Waals surface area contributed by atoms with Gasteiger partial charge in [-0.2, -0.15) is 13.2 Å². The highest BCUT2D eigenvalue weighted by Crippen LogP contribution is 2.30. The largest absolute Gasteiger partial charge is 0.416 e. The number of pyridine rings is 1. The van der Waals surface area contributed by atoms with Crippen LogP contribution in [0.15, 0.2) is 53.7 Å². The maximum absolute atomic E-state index is 12.4. The van der Waals surface area contributed by atoms with E-state index in [1.54, 1.807) is 6.20 Å². The number of amides is 1. The lowest BCUT2D eigenvalue weighted by molar-refractivity contribution is -0.137. The van der Waals surface area contributed by atoms with Crippen molar-refractivity contribution in [1.29, 1.82) is 0 Å². The first-order chi connectivity index (χ1) is 16.2. The Morgan fingerprint density at radius 2 is 1.65 bits per heavy atom. The summed E-state index contributed by atoms with van der Waals surface area (Å²) in [6.45, 7) is 0.878. The van der Waals surface area contributed by atoms with Crippen LogP contribution in [0.25, 0.3) is 0 Å². The lowest BCUT2D eigenvalue weighted by Crippen LogP contribution is -2.36. The van der Waals surface area contributed by atoms with Gasteiger partial charge in [0.2, 0.25) is 16.4 Å². The predicted molar refractivity (Wildman–Crippen MR) is 122 cm³/mol. The van der Waals surface area contributed by atoms with E-state index in [1.807, 2.05) is 23.2 Å². The molecule has 0 spiro atoms. The van der Waals surface area contributed by atoms with Gasteiger partial charge >= 0.3 is 6.18 Å². The van der Waals surface area contributed by atoms with E-state index in [2.05, 4.69) is 9.71 Å². The number of hydrogen-bond donors (Lipinski definition) is 1. The second-order valence-electron chi connectivity index (χ2n) is 8.62. The van der Waals surface area contributed by atoms with Crippen LogP contribution in [0.3, 0.4) is 0 Å². The van der Waals surface area contributed by atoms with Crippen molar-refractivity contribution in [3.05, 3.63) is 59.9 Å². The molecule has 1 amide bonds. The predicted octanol–water partition coefficient (Wildman–Crippen LogP) is 5.08. The summed E-state index contributed by atoms with van der Waals surface area (Å²) in [4.78, 5) is 16.7. The Balaban J connectivity index is 0.000000202. The summed E-state index contributed by atoms with van der Waals surface area (Å²) in [6.07, 6.45) is 8.09. The molecular formula is C24H30F3N3O3S. The van der Waals surface area contributed by atoms with Crippen molar-refractivity contribution in [2.75, 3.05) is 6.54 Å². The van der Waals surface area contributed by atoms with Crippen molar-refractivity contribution < 1.29 is 26.4 Å². The summed E-state index contributed by atoms with van der Waals surface area (Å²) in [5, 5.41) is 0. The van der Waals surface area contributed by atoms with Crippen LogP contribution in [0.4, 0.5) is 13.2 Å². The average Bonchev–Trinajstić information content (AvgIpc) is 2.85. The number of likely N-dealkylation sites (tertiary alicyclic amines) is 1. The number of nitrogens with zero attached hydrogens (tertiary/aromatic N) is 2. The first kappa shape index (κ1) is 26.2. The summed E-state index contributed by atoms with van der Waals surface area (Å²) in [6, 6.07) is 7.66. The molecule has 0 radical (unpaired) electrons. The molecule has 2 heterocycles. The van der Waals surface area contributed by atoms with Crippen LogP contribution >= 0.6 is 0 Å². The highest BCUT2D eigenvalue weighted by Gasteiger charge is 2.31. The van der Waals surface area contributed by atoms with Gasteiger partial charge in [0.15, 0.2) is 0 Å². The smallest absolute Gasteiger partial charge is 0.338 e. The van der Waals surface area contributed by atoms with Gasteiger partial charge in [0.25, 0.3) is 0 Å². The van der Waals surface area contributed by atoms with Crippen LogP contribution < -0.4 is 4.72 Å². The molecule has 4 rings (SSSR count). The van der Waals surface area contributed by atoms with E-state index < -0.39 is 21.8 Å². The summed E-state index contributed by atoms with van der Waals surface area (Å²) in [5.41, 5.74) is 0.299. The van der Waals surface area contributed by atoms with Crippen LogP contribution in [0.1, 0.15) is 68.5 Å². The van der Waals surface area contributed by atoms with Crippen molar-refractivity contribution in [3.63, 3.8) is 0 Å². The Kier molecular flexibility index (Phi) is 9.07. The summed E-state index contributed by atoms with van der Waals surface area (Å²) in [5.74, 6) is 0. The number of rotatable bonds is 5. The number of alkyl halides is 3. The van der Waals surface area contributed by atoms with E-state index in [-0.39, 0.29) is 17.0 Å². The number of halogens is 3. The minimum absolute atomic E-state index is 0.115. The number of benzene rings is 1. The zero-order valence-electron chi connectivity index (χ0n) is 18.9. The third-order valence-electron chi connectivity index (χ3n) is 6.17. The molecule has 1 aliphatic carbocycles. The first-order valence-corrected chi connectivity index (χ1v) is 13.0. The van der Waals surface area contributed by atoms with Crippen molar-refractivity contribution in [2.24, 2.45) is 0 Å². The summed E-state index contributed by atoms with van der Waals surface area (Å²) >= 11 is 0. The number of carbonyl (C=O) groups excluding carboxylic acids is 1. The van der Waals surface area contributed by atoms with Crippen molar-refractivity contribution >= 4 is 16.4 Å². The van der Waals surface area contributed by atoms with E-state index >= 15 is 0 Å². The van der Waals surface area contributed by atoms with Gasteiger partial charge in [0, 0.05) is 25.0 Å². The van der Waals surface area contributed by atoms with Gasteiger partial charge in [0.05, 0.1) is 16.5 Å². The normalized spacial score (nSPS) is 19.7. The third kappa shape index (κ3) is 7.27. The maximum atomic E-state index is 12.4. The van der Waals surface area contributed by atoms with E-state index in [1.165, 1.54) is 6.42 Å². The monoisotopic (exact) mass is 497 g/mol. The molecule has 1 unspecified atom stereocenters. The third-order valence-corrected chi connectivity index (χ3v) is 7.70. The molecule has 2 aliphatic rings. The van der Waals surface area contributed by atoms with Crippen molar-refractivity contribution in [1.82, 2.24) is 14.6 Å². The van der Waals surface area contributed by atoms with Crippen LogP contribution in [-0.2, 0) is 21.0 Å². The second-order valence-corrected chi connectivity index (χ2v) is 10.3. The van der Waals surface area contributed by atoms with Gasteiger partial charge in [-0.25, -0.2) is 13.1 Å². The fraction of sp³-hybridized carbons (Fsp3) is 0.500. The lowest BCUT2D eigenvalue weighted by Gasteiger charge is -2.32. The number of carbonyl (C=O) groups is 1. The molecule has 10 heteroatoms. The minimum Gasteiger partial charge on any atom is -0.338 e. The van der Waals surface area contributed by atoms with Crippen molar-refractivity contribution in [3.8, 4) is 0 Å². The summed E-state index contributed by atoms with van der Waals surface area (Å²) in [7, 11) is -3.74. The Morgan fingerprint density at radius 1 is 0.971 bits per heavy atom. The van der Waals surface area contributed by atoms with E-state index in [4.69, 9.17) is 0 Å². The topological polar surface area (TPSA) is 79.4 Å². The molecule has 0 bridgehead atoms. The molecule has 2 fully saturated rings. The van der Waals surface area contributed by atoms with E-state index in [9.17, 15) is 26.4 Å². The van der Waals surface area contributed by atoms with E-state index in [0.717, 1.165) is 87.7 Å². The average molecular weight is 498 g/mol. The number of sulfonamides is 1. The molecule has 186 valence electrons.